The van der Waals surface area contributed by atoms with E-state index < -0.39 is 10.8 Å². The number of esters is 2. The van der Waals surface area contributed by atoms with Crippen molar-refractivity contribution in [1.82, 2.24) is 0 Å². The lowest BCUT2D eigenvalue weighted by Crippen LogP contribution is -2.36. The third-order valence-corrected chi connectivity index (χ3v) is 6.13. The monoisotopic (exact) mass is 378 g/mol. The fraction of sp³-hybridized carbons (Fsp3) is 0.417. The summed E-state index contributed by atoms with van der Waals surface area (Å²) in [5, 5.41) is 0. The quantitative estimate of drug-likeness (QED) is 0.616. The topological polar surface area (TPSA) is 52.6 Å². The van der Waals surface area contributed by atoms with Gasteiger partial charge in [-0.15, -0.1) is 0 Å². The molecule has 2 aliphatic carbocycles. The molecule has 0 N–H and O–H groups in total. The number of hydrogen-bond donors (Lipinski definition) is 0. The molecular formula is C24H26O4. The summed E-state index contributed by atoms with van der Waals surface area (Å²) in [6.07, 6.45) is 4.29. The third-order valence-electron chi connectivity index (χ3n) is 6.13. The summed E-state index contributed by atoms with van der Waals surface area (Å²) in [5.41, 5.74) is 0.990. The normalized spacial score (nSPS) is 18.1. The molecule has 2 fully saturated rings. The Bertz CT molecular complexity index is 749. The molecule has 2 aromatic carbocycles. The largest absolute Gasteiger partial charge is 0.465 e. The minimum absolute atomic E-state index is 0.221. The number of ether oxygens (including phenoxy) is 2. The van der Waals surface area contributed by atoms with Crippen molar-refractivity contribution in [1.29, 1.82) is 0 Å². The van der Waals surface area contributed by atoms with Crippen LogP contribution in [0.25, 0.3) is 0 Å². The highest BCUT2D eigenvalue weighted by Gasteiger charge is 2.75. The zero-order valence-corrected chi connectivity index (χ0v) is 16.1. The van der Waals surface area contributed by atoms with E-state index in [1.54, 1.807) is 0 Å². The molecule has 28 heavy (non-hydrogen) atoms. The van der Waals surface area contributed by atoms with Crippen LogP contribution < -0.4 is 0 Å². The van der Waals surface area contributed by atoms with Crippen LogP contribution in [-0.2, 0) is 31.9 Å². The van der Waals surface area contributed by atoms with Crippen LogP contribution in [0.1, 0.15) is 36.8 Å². The number of hydrogen-bond acceptors (Lipinski definition) is 4. The van der Waals surface area contributed by atoms with E-state index in [1.807, 2.05) is 60.7 Å². The Morgan fingerprint density at radius 3 is 1.32 bits per heavy atom. The highest BCUT2D eigenvalue weighted by molar-refractivity contribution is 5.92. The molecule has 4 nitrogen and oxygen atoms in total. The van der Waals surface area contributed by atoms with E-state index in [2.05, 4.69) is 0 Å². The van der Waals surface area contributed by atoms with Gasteiger partial charge in [0, 0.05) is 12.8 Å². The molecule has 4 heteroatoms. The van der Waals surface area contributed by atoms with Gasteiger partial charge in [-0.1, -0.05) is 60.7 Å². The molecule has 0 heterocycles. The Hall–Kier alpha value is -2.62. The second-order valence-corrected chi connectivity index (χ2v) is 7.91. The summed E-state index contributed by atoms with van der Waals surface area (Å²) >= 11 is 0. The first-order valence-electron chi connectivity index (χ1n) is 10.1. The molecule has 0 aromatic heterocycles. The molecule has 146 valence electrons. The minimum atomic E-state index is -0.645. The van der Waals surface area contributed by atoms with E-state index in [1.165, 1.54) is 0 Å². The SMILES string of the molecule is O=C(OCCc1ccccc1)C1(C2(C(=O)OCCc3ccccc3)CC2)CC1. The predicted molar refractivity (Wildman–Crippen MR) is 106 cm³/mol. The van der Waals surface area contributed by atoms with Crippen molar-refractivity contribution in [3.63, 3.8) is 0 Å². The summed E-state index contributed by atoms with van der Waals surface area (Å²) < 4.78 is 11.2. The van der Waals surface area contributed by atoms with Gasteiger partial charge in [0.05, 0.1) is 24.0 Å². The molecule has 0 spiro atoms. The lowest BCUT2D eigenvalue weighted by Gasteiger charge is -2.23. The summed E-state index contributed by atoms with van der Waals surface area (Å²) in [5.74, 6) is -0.443. The average Bonchev–Trinajstić information content (AvgIpc) is 3.63. The van der Waals surface area contributed by atoms with E-state index >= 15 is 0 Å². The molecule has 0 amide bonds. The van der Waals surface area contributed by atoms with Crippen LogP contribution in [0.3, 0.4) is 0 Å². The Kier molecular flexibility index (Phi) is 5.21. The van der Waals surface area contributed by atoms with Crippen LogP contribution in [0.2, 0.25) is 0 Å². The van der Waals surface area contributed by atoms with Crippen molar-refractivity contribution < 1.29 is 19.1 Å². The van der Waals surface area contributed by atoms with Gasteiger partial charge in [0.25, 0.3) is 0 Å². The summed E-state index contributed by atoms with van der Waals surface area (Å²) in [6.45, 7) is 0.702. The number of benzene rings is 2. The van der Waals surface area contributed by atoms with Gasteiger partial charge in [0.1, 0.15) is 0 Å². The highest BCUT2D eigenvalue weighted by Crippen LogP contribution is 2.71. The molecule has 0 saturated heterocycles. The van der Waals surface area contributed by atoms with Crippen LogP contribution in [0.15, 0.2) is 60.7 Å². The molecule has 2 aliphatic rings. The average molecular weight is 378 g/mol. The van der Waals surface area contributed by atoms with Crippen LogP contribution in [0.5, 0.6) is 0 Å². The number of carbonyl (C=O) groups excluding carboxylic acids is 2. The van der Waals surface area contributed by atoms with Crippen molar-refractivity contribution >= 4 is 11.9 Å². The fourth-order valence-corrected chi connectivity index (χ4v) is 4.09. The van der Waals surface area contributed by atoms with Gasteiger partial charge >= 0.3 is 11.9 Å². The maximum atomic E-state index is 12.8. The van der Waals surface area contributed by atoms with Gasteiger partial charge in [-0.05, 0) is 36.8 Å². The van der Waals surface area contributed by atoms with Crippen LogP contribution in [-0.4, -0.2) is 25.2 Å². The van der Waals surface area contributed by atoms with Crippen molar-refractivity contribution in [2.75, 3.05) is 13.2 Å². The van der Waals surface area contributed by atoms with Crippen LogP contribution >= 0.6 is 0 Å². The van der Waals surface area contributed by atoms with Gasteiger partial charge in [-0.25, -0.2) is 0 Å². The van der Waals surface area contributed by atoms with Gasteiger partial charge in [-0.3, -0.25) is 9.59 Å². The maximum absolute atomic E-state index is 12.8. The van der Waals surface area contributed by atoms with E-state index in [-0.39, 0.29) is 11.9 Å². The summed E-state index contributed by atoms with van der Waals surface area (Å²) in [7, 11) is 0. The second-order valence-electron chi connectivity index (χ2n) is 7.91. The maximum Gasteiger partial charge on any atom is 0.313 e. The van der Waals surface area contributed by atoms with Crippen molar-refractivity contribution in [2.24, 2.45) is 10.8 Å². The minimum Gasteiger partial charge on any atom is -0.465 e. The first-order valence-corrected chi connectivity index (χ1v) is 10.1. The number of rotatable bonds is 9. The Labute approximate surface area is 165 Å². The number of carbonyl (C=O) groups is 2. The van der Waals surface area contributed by atoms with Gasteiger partial charge < -0.3 is 9.47 Å². The van der Waals surface area contributed by atoms with Crippen molar-refractivity contribution in [2.45, 2.75) is 38.5 Å². The molecule has 4 rings (SSSR count). The molecular weight excluding hydrogens is 352 g/mol. The Morgan fingerprint density at radius 2 is 1.00 bits per heavy atom. The first kappa shape index (κ1) is 18.7. The standard InChI is InChI=1S/C24H26O4/c25-21(27-17-11-19-7-3-1-4-8-19)23(13-14-23)24(15-16-24)22(26)28-18-12-20-9-5-2-6-10-20/h1-10H,11-18H2. The van der Waals surface area contributed by atoms with Crippen molar-refractivity contribution in [3.8, 4) is 0 Å². The van der Waals surface area contributed by atoms with E-state index in [9.17, 15) is 9.59 Å². The van der Waals surface area contributed by atoms with Crippen molar-refractivity contribution in [3.05, 3.63) is 71.8 Å². The molecule has 0 bridgehead atoms. The third kappa shape index (κ3) is 3.68. The summed E-state index contributed by atoms with van der Waals surface area (Å²) in [6, 6.07) is 19.9. The van der Waals surface area contributed by atoms with E-state index in [4.69, 9.17) is 9.47 Å². The van der Waals surface area contributed by atoms with E-state index in [0.29, 0.717) is 26.1 Å². The lowest BCUT2D eigenvalue weighted by molar-refractivity contribution is -0.165. The lowest BCUT2D eigenvalue weighted by atomic mass is 9.85. The van der Waals surface area contributed by atoms with Gasteiger partial charge in [0.15, 0.2) is 0 Å². The Morgan fingerprint density at radius 1 is 0.643 bits per heavy atom. The first-order chi connectivity index (χ1) is 13.7. The summed E-state index contributed by atoms with van der Waals surface area (Å²) in [4.78, 5) is 25.5. The van der Waals surface area contributed by atoms with Crippen LogP contribution in [0, 0.1) is 10.8 Å². The zero-order chi connectivity index (χ0) is 19.5. The van der Waals surface area contributed by atoms with Crippen LogP contribution in [0.4, 0.5) is 0 Å². The second kappa shape index (κ2) is 7.78. The molecule has 2 aromatic rings. The fourth-order valence-electron chi connectivity index (χ4n) is 4.09. The molecule has 0 radical (unpaired) electrons. The molecule has 0 unspecified atom stereocenters. The molecule has 0 atom stereocenters. The predicted octanol–water partition coefficient (Wildman–Crippen LogP) is 4.12. The van der Waals surface area contributed by atoms with Gasteiger partial charge in [-0.2, -0.15) is 0 Å². The van der Waals surface area contributed by atoms with E-state index in [0.717, 1.165) is 36.8 Å². The molecule has 2 saturated carbocycles. The zero-order valence-electron chi connectivity index (χ0n) is 16.1. The van der Waals surface area contributed by atoms with Gasteiger partial charge in [0.2, 0.25) is 0 Å². The smallest absolute Gasteiger partial charge is 0.313 e. The highest BCUT2D eigenvalue weighted by atomic mass is 16.5. The molecule has 0 aliphatic heterocycles. The Balaban J connectivity index is 1.29.